The summed E-state index contributed by atoms with van der Waals surface area (Å²) >= 11 is 1.38. The SMILES string of the molecule is O=C(CSc1nc2ccccc2[nH]1)N1CCc2cc(S(=O)(=O)N3CCCCC3)ccc21. The van der Waals surface area contributed by atoms with Crippen LogP contribution in [0.2, 0.25) is 0 Å². The number of hydrogen-bond donors (Lipinski definition) is 1. The molecule has 2 aliphatic heterocycles. The lowest BCUT2D eigenvalue weighted by atomic mass is 10.2. The molecule has 1 amide bonds. The predicted molar refractivity (Wildman–Crippen MR) is 122 cm³/mol. The molecule has 162 valence electrons. The lowest BCUT2D eigenvalue weighted by Gasteiger charge is -2.26. The number of nitrogens with zero attached hydrogens (tertiary/aromatic N) is 3. The van der Waals surface area contributed by atoms with Gasteiger partial charge in [-0.1, -0.05) is 30.3 Å². The number of nitrogens with one attached hydrogen (secondary N) is 1. The van der Waals surface area contributed by atoms with Crippen molar-refractivity contribution in [2.75, 3.05) is 30.3 Å². The fourth-order valence-corrected chi connectivity index (χ4v) is 6.59. The number of fused-ring (bicyclic) bond motifs is 2. The molecule has 1 aromatic heterocycles. The van der Waals surface area contributed by atoms with Crippen molar-refractivity contribution in [3.8, 4) is 0 Å². The number of H-pyrrole nitrogens is 1. The zero-order valence-corrected chi connectivity index (χ0v) is 18.7. The molecule has 0 saturated carbocycles. The zero-order valence-electron chi connectivity index (χ0n) is 17.1. The molecule has 2 aliphatic rings. The van der Waals surface area contributed by atoms with Crippen LogP contribution in [0.1, 0.15) is 24.8 Å². The topological polar surface area (TPSA) is 86.4 Å². The molecule has 0 bridgehead atoms. The van der Waals surface area contributed by atoms with E-state index in [-0.39, 0.29) is 11.7 Å². The van der Waals surface area contributed by atoms with Crippen molar-refractivity contribution in [1.82, 2.24) is 14.3 Å². The lowest BCUT2D eigenvalue weighted by molar-refractivity contribution is -0.116. The Bertz CT molecular complexity index is 1200. The summed E-state index contributed by atoms with van der Waals surface area (Å²) < 4.78 is 27.5. The summed E-state index contributed by atoms with van der Waals surface area (Å²) in [6, 6.07) is 12.9. The molecule has 0 unspecified atom stereocenters. The number of anilines is 1. The highest BCUT2D eigenvalue weighted by atomic mass is 32.2. The van der Waals surface area contributed by atoms with Gasteiger partial charge in [0.2, 0.25) is 15.9 Å². The Morgan fingerprint density at radius 3 is 2.68 bits per heavy atom. The molecule has 0 spiro atoms. The van der Waals surface area contributed by atoms with Crippen LogP contribution in [-0.4, -0.2) is 54.0 Å². The first-order valence-corrected chi connectivity index (χ1v) is 13.0. The van der Waals surface area contributed by atoms with Crippen molar-refractivity contribution >= 4 is 44.4 Å². The fraction of sp³-hybridized carbons (Fsp3) is 0.364. The van der Waals surface area contributed by atoms with Crippen molar-refractivity contribution in [2.45, 2.75) is 35.7 Å². The molecule has 0 aliphatic carbocycles. The van der Waals surface area contributed by atoms with Gasteiger partial charge in [-0.05, 0) is 55.2 Å². The highest BCUT2D eigenvalue weighted by Gasteiger charge is 2.30. The standard InChI is InChI=1S/C22H24N4O3S2/c27-21(15-30-22-23-18-6-2-3-7-19(18)24-22)26-13-10-16-14-17(8-9-20(16)26)31(28,29)25-11-4-1-5-12-25/h2-3,6-9,14H,1,4-5,10-13,15H2,(H,23,24). The zero-order chi connectivity index (χ0) is 21.4. The van der Waals surface area contributed by atoms with Gasteiger partial charge in [-0.2, -0.15) is 4.31 Å². The summed E-state index contributed by atoms with van der Waals surface area (Å²) in [5, 5.41) is 0.719. The number of benzene rings is 2. The normalized spacial score (nSPS) is 17.2. The van der Waals surface area contributed by atoms with Crippen LogP contribution in [0, 0.1) is 0 Å². The number of aromatic nitrogens is 2. The van der Waals surface area contributed by atoms with Crippen molar-refractivity contribution in [2.24, 2.45) is 0 Å². The first kappa shape index (κ1) is 20.5. The Labute approximate surface area is 185 Å². The highest BCUT2D eigenvalue weighted by Crippen LogP contribution is 2.32. The first-order chi connectivity index (χ1) is 15.0. The van der Waals surface area contributed by atoms with E-state index in [0.717, 1.165) is 46.7 Å². The van der Waals surface area contributed by atoms with Gasteiger partial charge < -0.3 is 9.88 Å². The van der Waals surface area contributed by atoms with Crippen LogP contribution >= 0.6 is 11.8 Å². The second-order valence-electron chi connectivity index (χ2n) is 7.90. The number of sulfonamides is 1. The Kier molecular flexibility index (Phi) is 5.49. The van der Waals surface area contributed by atoms with E-state index in [4.69, 9.17) is 0 Å². The molecular formula is C22H24N4O3S2. The quantitative estimate of drug-likeness (QED) is 0.595. The molecule has 2 aromatic carbocycles. The van der Waals surface area contributed by atoms with Gasteiger partial charge in [-0.25, -0.2) is 13.4 Å². The third-order valence-electron chi connectivity index (χ3n) is 5.90. The number of amides is 1. The summed E-state index contributed by atoms with van der Waals surface area (Å²) in [6.07, 6.45) is 3.57. The van der Waals surface area contributed by atoms with Crippen LogP contribution in [0.4, 0.5) is 5.69 Å². The number of imidazole rings is 1. The van der Waals surface area contributed by atoms with Gasteiger partial charge in [0.25, 0.3) is 0 Å². The van der Waals surface area contributed by atoms with E-state index in [2.05, 4.69) is 9.97 Å². The lowest BCUT2D eigenvalue weighted by Crippen LogP contribution is -2.35. The molecule has 1 N–H and O–H groups in total. The van der Waals surface area contributed by atoms with E-state index in [9.17, 15) is 13.2 Å². The Morgan fingerprint density at radius 1 is 1.06 bits per heavy atom. The van der Waals surface area contributed by atoms with Gasteiger partial charge in [0.05, 0.1) is 21.7 Å². The summed E-state index contributed by atoms with van der Waals surface area (Å²) in [5.41, 5.74) is 3.56. The minimum Gasteiger partial charge on any atom is -0.333 e. The van der Waals surface area contributed by atoms with Gasteiger partial charge in [-0.3, -0.25) is 4.79 Å². The predicted octanol–water partition coefficient (Wildman–Crippen LogP) is 3.42. The number of hydrogen-bond acceptors (Lipinski definition) is 5. The number of aromatic amines is 1. The maximum absolute atomic E-state index is 13.0. The van der Waals surface area contributed by atoms with Crippen molar-refractivity contribution < 1.29 is 13.2 Å². The van der Waals surface area contributed by atoms with Crippen LogP contribution in [0.3, 0.4) is 0 Å². The van der Waals surface area contributed by atoms with Crippen LogP contribution in [0.5, 0.6) is 0 Å². The van der Waals surface area contributed by atoms with Gasteiger partial charge in [0.15, 0.2) is 5.16 Å². The molecule has 3 heterocycles. The molecule has 5 rings (SSSR count). The van der Waals surface area contributed by atoms with E-state index in [1.54, 1.807) is 27.4 Å². The first-order valence-electron chi connectivity index (χ1n) is 10.5. The van der Waals surface area contributed by atoms with Crippen LogP contribution < -0.4 is 4.90 Å². The van der Waals surface area contributed by atoms with Crippen LogP contribution in [0.25, 0.3) is 11.0 Å². The van der Waals surface area contributed by atoms with Crippen LogP contribution in [0.15, 0.2) is 52.5 Å². The number of piperidine rings is 1. The van der Waals surface area contributed by atoms with E-state index < -0.39 is 10.0 Å². The van der Waals surface area contributed by atoms with E-state index in [1.165, 1.54) is 11.8 Å². The second kappa shape index (κ2) is 8.29. The number of rotatable bonds is 5. The minimum absolute atomic E-state index is 0.00385. The average Bonchev–Trinajstić information content (AvgIpc) is 3.41. The van der Waals surface area contributed by atoms with Gasteiger partial charge in [0, 0.05) is 25.3 Å². The van der Waals surface area contributed by atoms with Crippen LogP contribution in [-0.2, 0) is 21.2 Å². The summed E-state index contributed by atoms with van der Waals surface area (Å²) in [4.78, 5) is 22.7. The van der Waals surface area contributed by atoms with Gasteiger partial charge >= 0.3 is 0 Å². The average molecular weight is 457 g/mol. The van der Waals surface area contributed by atoms with Crippen molar-refractivity contribution in [3.05, 3.63) is 48.0 Å². The smallest absolute Gasteiger partial charge is 0.243 e. The molecule has 31 heavy (non-hydrogen) atoms. The highest BCUT2D eigenvalue weighted by molar-refractivity contribution is 7.99. The minimum atomic E-state index is -3.47. The largest absolute Gasteiger partial charge is 0.333 e. The Balaban J connectivity index is 1.29. The van der Waals surface area contributed by atoms with Gasteiger partial charge in [-0.15, -0.1) is 0 Å². The fourth-order valence-electron chi connectivity index (χ4n) is 4.26. The molecule has 0 radical (unpaired) electrons. The maximum Gasteiger partial charge on any atom is 0.243 e. The molecule has 1 fully saturated rings. The Hall–Kier alpha value is -2.36. The number of carbonyl (C=O) groups is 1. The summed E-state index contributed by atoms with van der Waals surface area (Å²) in [7, 11) is -3.47. The summed E-state index contributed by atoms with van der Waals surface area (Å²) in [6.45, 7) is 1.74. The Morgan fingerprint density at radius 2 is 1.87 bits per heavy atom. The van der Waals surface area contributed by atoms with Gasteiger partial charge in [0.1, 0.15) is 0 Å². The molecule has 9 heteroatoms. The third-order valence-corrected chi connectivity index (χ3v) is 8.65. The molecule has 3 aromatic rings. The van der Waals surface area contributed by atoms with E-state index in [1.807, 2.05) is 24.3 Å². The second-order valence-corrected chi connectivity index (χ2v) is 10.8. The maximum atomic E-state index is 13.0. The summed E-state index contributed by atoms with van der Waals surface area (Å²) in [5.74, 6) is 0.267. The van der Waals surface area contributed by atoms with E-state index in [0.29, 0.717) is 31.0 Å². The number of para-hydroxylation sites is 2. The number of carbonyl (C=O) groups excluding carboxylic acids is 1. The van der Waals surface area contributed by atoms with E-state index >= 15 is 0 Å². The van der Waals surface area contributed by atoms with Crippen molar-refractivity contribution in [1.29, 1.82) is 0 Å². The molecule has 1 saturated heterocycles. The monoisotopic (exact) mass is 456 g/mol. The molecule has 7 nitrogen and oxygen atoms in total. The molecular weight excluding hydrogens is 432 g/mol. The van der Waals surface area contributed by atoms with Crippen molar-refractivity contribution in [3.63, 3.8) is 0 Å². The number of thioether (sulfide) groups is 1. The molecule has 0 atom stereocenters. The third kappa shape index (κ3) is 3.97.